The fourth-order valence-corrected chi connectivity index (χ4v) is 4.50. The van der Waals surface area contributed by atoms with Crippen molar-refractivity contribution in [3.63, 3.8) is 0 Å². The van der Waals surface area contributed by atoms with E-state index in [1.165, 1.54) is 0 Å². The summed E-state index contributed by atoms with van der Waals surface area (Å²) in [4.78, 5) is 32.4. The maximum Gasteiger partial charge on any atom is 0.250 e. The van der Waals surface area contributed by atoms with E-state index in [0.717, 1.165) is 42.6 Å². The van der Waals surface area contributed by atoms with Crippen LogP contribution in [-0.2, 0) is 9.59 Å². The topological polar surface area (TPSA) is 55.9 Å². The Kier molecular flexibility index (Phi) is 5.47. The number of benzene rings is 2. The van der Waals surface area contributed by atoms with Gasteiger partial charge in [-0.25, -0.2) is 0 Å². The molecule has 0 aliphatic carbocycles. The molecule has 2 aliphatic heterocycles. The second-order valence-electron chi connectivity index (χ2n) is 8.35. The minimum absolute atomic E-state index is 0.0616. The van der Waals surface area contributed by atoms with Crippen LogP contribution in [0.3, 0.4) is 0 Å². The number of amides is 2. The van der Waals surface area contributed by atoms with Crippen molar-refractivity contribution >= 4 is 40.5 Å². The fraction of sp³-hybridized carbons (Fsp3) is 0.391. The third-order valence-corrected chi connectivity index (χ3v) is 6.46. The summed E-state index contributed by atoms with van der Waals surface area (Å²) >= 11 is 6.35. The number of halogens is 1. The lowest BCUT2D eigenvalue weighted by Crippen LogP contribution is -2.63. The molecule has 4 rings (SSSR count). The molecule has 2 amide bonds. The lowest BCUT2D eigenvalue weighted by Gasteiger charge is -2.45. The molecule has 30 heavy (non-hydrogen) atoms. The molecule has 0 radical (unpaired) electrons. The van der Waals surface area contributed by atoms with Crippen LogP contribution in [0.4, 0.5) is 17.1 Å². The van der Waals surface area contributed by atoms with E-state index in [4.69, 9.17) is 11.6 Å². The molecule has 0 aromatic heterocycles. The summed E-state index contributed by atoms with van der Waals surface area (Å²) < 4.78 is 0. The molecule has 0 saturated carbocycles. The largest absolute Gasteiger partial charge is 0.368 e. The molecule has 0 unspecified atom stereocenters. The van der Waals surface area contributed by atoms with Gasteiger partial charge in [0.05, 0.1) is 28.1 Å². The van der Waals surface area contributed by atoms with Gasteiger partial charge in [-0.2, -0.15) is 0 Å². The first-order valence-electron chi connectivity index (χ1n) is 10.3. The maximum atomic E-state index is 13.6. The minimum Gasteiger partial charge on any atom is -0.368 e. The standard InChI is InChI=1S/C23H27ClN4O2/c1-16(26-12-14-27(15-13-26)19-10-6-4-8-17(19)24)21(29)28-20-11-7-5-9-18(20)25-22(30)23(28,2)3/h4-11,16H,12-15H2,1-3H3,(H,25,30)/t16-/m0/s1. The molecule has 1 fully saturated rings. The monoisotopic (exact) mass is 426 g/mol. The van der Waals surface area contributed by atoms with E-state index in [0.29, 0.717) is 5.69 Å². The van der Waals surface area contributed by atoms with Gasteiger partial charge in [0.15, 0.2) is 0 Å². The lowest BCUT2D eigenvalue weighted by molar-refractivity contribution is -0.129. The molecule has 0 bridgehead atoms. The van der Waals surface area contributed by atoms with Crippen molar-refractivity contribution in [2.45, 2.75) is 32.4 Å². The number of para-hydroxylation sites is 3. The van der Waals surface area contributed by atoms with Crippen molar-refractivity contribution < 1.29 is 9.59 Å². The van der Waals surface area contributed by atoms with Crippen LogP contribution in [0.25, 0.3) is 0 Å². The number of piperazine rings is 1. The molecular weight excluding hydrogens is 400 g/mol. The highest BCUT2D eigenvalue weighted by Gasteiger charge is 2.45. The van der Waals surface area contributed by atoms with E-state index in [1.807, 2.05) is 55.5 Å². The van der Waals surface area contributed by atoms with Crippen molar-refractivity contribution in [2.75, 3.05) is 41.3 Å². The number of carbonyl (C=O) groups is 2. The normalized spacial score (nSPS) is 19.8. The van der Waals surface area contributed by atoms with Crippen molar-refractivity contribution in [1.82, 2.24) is 4.90 Å². The highest BCUT2D eigenvalue weighted by molar-refractivity contribution is 6.33. The van der Waals surface area contributed by atoms with Crippen LogP contribution >= 0.6 is 11.6 Å². The summed E-state index contributed by atoms with van der Waals surface area (Å²) in [6, 6.07) is 15.0. The molecule has 6 nitrogen and oxygen atoms in total. The van der Waals surface area contributed by atoms with Crippen LogP contribution in [0, 0.1) is 0 Å². The minimum atomic E-state index is -0.959. The molecule has 7 heteroatoms. The summed E-state index contributed by atoms with van der Waals surface area (Å²) in [5.74, 6) is -0.237. The molecule has 1 atom stereocenters. The smallest absolute Gasteiger partial charge is 0.250 e. The Morgan fingerprint density at radius 3 is 2.27 bits per heavy atom. The van der Waals surface area contributed by atoms with Gasteiger partial charge in [-0.3, -0.25) is 19.4 Å². The number of rotatable bonds is 3. The Morgan fingerprint density at radius 2 is 1.60 bits per heavy atom. The van der Waals surface area contributed by atoms with Crippen LogP contribution in [0.1, 0.15) is 20.8 Å². The van der Waals surface area contributed by atoms with Gasteiger partial charge < -0.3 is 10.2 Å². The van der Waals surface area contributed by atoms with Crippen LogP contribution in [0.2, 0.25) is 5.02 Å². The third-order valence-electron chi connectivity index (χ3n) is 6.14. The summed E-state index contributed by atoms with van der Waals surface area (Å²) in [5.41, 5.74) is 1.49. The number of carbonyl (C=O) groups excluding carboxylic acids is 2. The van der Waals surface area contributed by atoms with Crippen molar-refractivity contribution in [2.24, 2.45) is 0 Å². The van der Waals surface area contributed by atoms with E-state index in [9.17, 15) is 9.59 Å². The number of anilines is 3. The second kappa shape index (κ2) is 7.93. The van der Waals surface area contributed by atoms with Crippen LogP contribution < -0.4 is 15.1 Å². The molecule has 2 aliphatic rings. The Morgan fingerprint density at radius 1 is 1.00 bits per heavy atom. The van der Waals surface area contributed by atoms with Crippen molar-refractivity contribution in [1.29, 1.82) is 0 Å². The number of hydrogen-bond acceptors (Lipinski definition) is 4. The van der Waals surface area contributed by atoms with Crippen molar-refractivity contribution in [3.8, 4) is 0 Å². The zero-order valence-corrected chi connectivity index (χ0v) is 18.3. The predicted octanol–water partition coefficient (Wildman–Crippen LogP) is 3.61. The summed E-state index contributed by atoms with van der Waals surface area (Å²) in [5, 5.41) is 3.66. The second-order valence-corrected chi connectivity index (χ2v) is 8.76. The first kappa shape index (κ1) is 20.7. The Labute approximate surface area is 182 Å². The quantitative estimate of drug-likeness (QED) is 0.814. The van der Waals surface area contributed by atoms with E-state index in [1.54, 1.807) is 18.7 Å². The Bertz CT molecular complexity index is 969. The van der Waals surface area contributed by atoms with Gasteiger partial charge in [0.1, 0.15) is 5.54 Å². The third kappa shape index (κ3) is 3.55. The van der Waals surface area contributed by atoms with Gasteiger partial charge in [-0.05, 0) is 45.0 Å². The SMILES string of the molecule is C[C@@H](C(=O)N1c2ccccc2NC(=O)C1(C)C)N1CCN(c2ccccc2Cl)CC1. The molecule has 1 saturated heterocycles. The van der Waals surface area contributed by atoms with E-state index in [2.05, 4.69) is 15.1 Å². The summed E-state index contributed by atoms with van der Waals surface area (Å²) in [6.45, 7) is 8.60. The highest BCUT2D eigenvalue weighted by atomic mass is 35.5. The predicted molar refractivity (Wildman–Crippen MR) is 121 cm³/mol. The Balaban J connectivity index is 1.52. The van der Waals surface area contributed by atoms with Crippen LogP contribution in [-0.4, -0.2) is 54.5 Å². The molecule has 1 N–H and O–H groups in total. The van der Waals surface area contributed by atoms with Crippen molar-refractivity contribution in [3.05, 3.63) is 53.6 Å². The number of nitrogens with one attached hydrogen (secondary N) is 1. The van der Waals surface area contributed by atoms with Gasteiger partial charge >= 0.3 is 0 Å². The number of fused-ring (bicyclic) bond motifs is 1. The average Bonchev–Trinajstić information content (AvgIpc) is 2.74. The van der Waals surface area contributed by atoms with Gasteiger partial charge in [-0.15, -0.1) is 0 Å². The number of hydrogen-bond donors (Lipinski definition) is 1. The van der Waals surface area contributed by atoms with Gasteiger partial charge in [0.25, 0.3) is 0 Å². The van der Waals surface area contributed by atoms with E-state index in [-0.39, 0.29) is 17.9 Å². The maximum absolute atomic E-state index is 13.6. The molecule has 2 aromatic carbocycles. The molecule has 2 aromatic rings. The first-order valence-corrected chi connectivity index (χ1v) is 10.7. The van der Waals surface area contributed by atoms with Gasteiger partial charge in [-0.1, -0.05) is 35.9 Å². The van der Waals surface area contributed by atoms with Gasteiger partial charge in [0.2, 0.25) is 11.8 Å². The molecule has 0 spiro atoms. The lowest BCUT2D eigenvalue weighted by atomic mass is 9.95. The number of nitrogens with zero attached hydrogens (tertiary/aromatic N) is 3. The van der Waals surface area contributed by atoms with Crippen LogP contribution in [0.15, 0.2) is 48.5 Å². The molecule has 2 heterocycles. The van der Waals surface area contributed by atoms with E-state index < -0.39 is 5.54 Å². The zero-order valence-electron chi connectivity index (χ0n) is 17.6. The highest BCUT2D eigenvalue weighted by Crippen LogP contribution is 2.37. The van der Waals surface area contributed by atoms with Gasteiger partial charge in [0, 0.05) is 26.2 Å². The average molecular weight is 427 g/mol. The van der Waals surface area contributed by atoms with Crippen LogP contribution in [0.5, 0.6) is 0 Å². The Hall–Kier alpha value is -2.57. The molecular formula is C23H27ClN4O2. The van der Waals surface area contributed by atoms with E-state index >= 15 is 0 Å². The molecule has 158 valence electrons. The summed E-state index contributed by atoms with van der Waals surface area (Å²) in [7, 11) is 0. The first-order chi connectivity index (χ1) is 14.3. The summed E-state index contributed by atoms with van der Waals surface area (Å²) in [6.07, 6.45) is 0. The fourth-order valence-electron chi connectivity index (χ4n) is 4.25. The zero-order chi connectivity index (χ0) is 21.5.